The molecule has 1 N–H and O–H groups in total. The molecule has 0 spiro atoms. The molecule has 0 heterocycles. The Kier molecular flexibility index (Phi) is 7.39. The van der Waals surface area contributed by atoms with Crippen molar-refractivity contribution in [3.05, 3.63) is 47.5 Å². The van der Waals surface area contributed by atoms with Gasteiger partial charge in [0.15, 0.2) is 11.5 Å². The van der Waals surface area contributed by atoms with Crippen LogP contribution in [0.4, 0.5) is 5.69 Å². The summed E-state index contributed by atoms with van der Waals surface area (Å²) in [5.74, 6) is 0.740. The molecule has 1 saturated carbocycles. The van der Waals surface area contributed by atoms with E-state index in [0.717, 1.165) is 25.7 Å². The van der Waals surface area contributed by atoms with Crippen LogP contribution in [0.1, 0.15) is 52.8 Å². The van der Waals surface area contributed by atoms with Crippen molar-refractivity contribution >= 4 is 17.5 Å². The van der Waals surface area contributed by atoms with Crippen LogP contribution in [0.2, 0.25) is 0 Å². The standard InChI is InChI=1S/C24H30N2O5/c1-26(24(28)16-14-20(29-2)22(31-4)21(15-16)30-3)19-13-9-8-12-18(19)23(27)25-17-10-6-5-7-11-17/h8-9,12-15,17H,5-7,10-11H2,1-4H3,(H,25,27). The summed E-state index contributed by atoms with van der Waals surface area (Å²) in [5, 5.41) is 3.13. The minimum atomic E-state index is -0.294. The van der Waals surface area contributed by atoms with Crippen molar-refractivity contribution in [2.75, 3.05) is 33.3 Å². The zero-order valence-corrected chi connectivity index (χ0v) is 18.6. The summed E-state index contributed by atoms with van der Waals surface area (Å²) < 4.78 is 16.1. The number of carbonyl (C=O) groups is 2. The molecule has 31 heavy (non-hydrogen) atoms. The van der Waals surface area contributed by atoms with E-state index in [1.165, 1.54) is 32.7 Å². The Hall–Kier alpha value is -3.22. The average Bonchev–Trinajstić information content (AvgIpc) is 2.82. The first kappa shape index (κ1) is 22.5. The molecule has 0 radical (unpaired) electrons. The van der Waals surface area contributed by atoms with Crippen LogP contribution in [0.25, 0.3) is 0 Å². The molecular weight excluding hydrogens is 396 g/mol. The van der Waals surface area contributed by atoms with Crippen LogP contribution >= 0.6 is 0 Å². The lowest BCUT2D eigenvalue weighted by Crippen LogP contribution is -2.37. The van der Waals surface area contributed by atoms with E-state index in [9.17, 15) is 9.59 Å². The highest BCUT2D eigenvalue weighted by atomic mass is 16.5. The molecule has 0 aliphatic heterocycles. The first-order valence-corrected chi connectivity index (χ1v) is 10.5. The Morgan fingerprint density at radius 3 is 2.13 bits per heavy atom. The highest BCUT2D eigenvalue weighted by Crippen LogP contribution is 2.38. The molecule has 166 valence electrons. The molecule has 1 fully saturated rings. The molecule has 7 heteroatoms. The van der Waals surface area contributed by atoms with E-state index in [4.69, 9.17) is 14.2 Å². The van der Waals surface area contributed by atoms with Gasteiger partial charge in [0.25, 0.3) is 11.8 Å². The lowest BCUT2D eigenvalue weighted by atomic mass is 9.95. The quantitative estimate of drug-likeness (QED) is 0.723. The van der Waals surface area contributed by atoms with Crippen molar-refractivity contribution in [2.45, 2.75) is 38.1 Å². The van der Waals surface area contributed by atoms with E-state index in [-0.39, 0.29) is 17.9 Å². The van der Waals surface area contributed by atoms with Crippen molar-refractivity contribution < 1.29 is 23.8 Å². The fourth-order valence-corrected chi connectivity index (χ4v) is 3.98. The number of carbonyl (C=O) groups excluding carboxylic acids is 2. The Balaban J connectivity index is 1.88. The van der Waals surface area contributed by atoms with Crippen LogP contribution in [0, 0.1) is 0 Å². The average molecular weight is 427 g/mol. The van der Waals surface area contributed by atoms with Gasteiger partial charge >= 0.3 is 0 Å². The van der Waals surface area contributed by atoms with Gasteiger partial charge in [-0.2, -0.15) is 0 Å². The maximum absolute atomic E-state index is 13.3. The first-order valence-electron chi connectivity index (χ1n) is 10.5. The Morgan fingerprint density at radius 1 is 0.935 bits per heavy atom. The first-order chi connectivity index (χ1) is 15.0. The largest absolute Gasteiger partial charge is 0.493 e. The Labute approximate surface area is 183 Å². The van der Waals surface area contributed by atoms with E-state index in [1.807, 2.05) is 6.07 Å². The third kappa shape index (κ3) is 4.93. The summed E-state index contributed by atoms with van der Waals surface area (Å²) in [6, 6.07) is 10.5. The third-order valence-electron chi connectivity index (χ3n) is 5.67. The molecule has 1 aliphatic carbocycles. The number of nitrogens with one attached hydrogen (secondary N) is 1. The van der Waals surface area contributed by atoms with Crippen molar-refractivity contribution in [2.24, 2.45) is 0 Å². The van der Waals surface area contributed by atoms with Gasteiger partial charge in [-0.25, -0.2) is 0 Å². The predicted octanol–water partition coefficient (Wildman–Crippen LogP) is 4.05. The zero-order valence-electron chi connectivity index (χ0n) is 18.6. The summed E-state index contributed by atoms with van der Waals surface area (Å²) in [5.41, 5.74) is 1.37. The third-order valence-corrected chi connectivity index (χ3v) is 5.67. The number of hydrogen-bond acceptors (Lipinski definition) is 5. The molecule has 2 aromatic rings. The molecule has 0 aromatic heterocycles. The number of ether oxygens (including phenoxy) is 3. The van der Waals surface area contributed by atoms with Crippen LogP contribution in [-0.4, -0.2) is 46.2 Å². The van der Waals surface area contributed by atoms with Gasteiger partial charge in [0.05, 0.1) is 32.6 Å². The van der Waals surface area contributed by atoms with Crippen molar-refractivity contribution in [1.82, 2.24) is 5.32 Å². The molecule has 2 aromatic carbocycles. The topological polar surface area (TPSA) is 77.1 Å². The molecule has 3 rings (SSSR count). The summed E-state index contributed by atoms with van der Waals surface area (Å²) in [4.78, 5) is 27.7. The van der Waals surface area contributed by atoms with Crippen molar-refractivity contribution in [1.29, 1.82) is 0 Å². The molecule has 0 atom stereocenters. The summed E-state index contributed by atoms with van der Waals surface area (Å²) in [6.45, 7) is 0. The van der Waals surface area contributed by atoms with Gasteiger partial charge in [-0.15, -0.1) is 0 Å². The lowest BCUT2D eigenvalue weighted by Gasteiger charge is -2.25. The maximum atomic E-state index is 13.3. The maximum Gasteiger partial charge on any atom is 0.258 e. The number of benzene rings is 2. The second-order valence-corrected chi connectivity index (χ2v) is 7.60. The normalized spacial score (nSPS) is 13.9. The number of anilines is 1. The van der Waals surface area contributed by atoms with Crippen LogP contribution < -0.4 is 24.4 Å². The fraction of sp³-hybridized carbons (Fsp3) is 0.417. The summed E-state index contributed by atoms with van der Waals surface area (Å²) in [6.07, 6.45) is 5.47. The van der Waals surface area contributed by atoms with Crippen LogP contribution in [-0.2, 0) is 0 Å². The summed E-state index contributed by atoms with van der Waals surface area (Å²) >= 11 is 0. The number of nitrogens with zero attached hydrogens (tertiary/aromatic N) is 1. The number of para-hydroxylation sites is 1. The second-order valence-electron chi connectivity index (χ2n) is 7.60. The van der Waals surface area contributed by atoms with Gasteiger partial charge in [-0.3, -0.25) is 9.59 Å². The van der Waals surface area contributed by atoms with E-state index < -0.39 is 0 Å². The van der Waals surface area contributed by atoms with E-state index in [2.05, 4.69) is 5.32 Å². The van der Waals surface area contributed by atoms with Crippen LogP contribution in [0.5, 0.6) is 17.2 Å². The fourth-order valence-electron chi connectivity index (χ4n) is 3.98. The number of methoxy groups -OCH3 is 3. The summed E-state index contributed by atoms with van der Waals surface area (Å²) in [7, 11) is 6.16. The van der Waals surface area contributed by atoms with E-state index >= 15 is 0 Å². The molecular formula is C24H30N2O5. The molecule has 2 amide bonds. The Bertz CT molecular complexity index is 912. The predicted molar refractivity (Wildman–Crippen MR) is 120 cm³/mol. The van der Waals surface area contributed by atoms with E-state index in [0.29, 0.717) is 34.1 Å². The Morgan fingerprint density at radius 2 is 1.55 bits per heavy atom. The van der Waals surface area contributed by atoms with Crippen molar-refractivity contribution in [3.63, 3.8) is 0 Å². The van der Waals surface area contributed by atoms with Gasteiger partial charge in [0.2, 0.25) is 5.75 Å². The molecule has 0 saturated heterocycles. The number of hydrogen-bond donors (Lipinski definition) is 1. The van der Waals surface area contributed by atoms with Gasteiger partial charge < -0.3 is 24.4 Å². The second kappa shape index (κ2) is 10.2. The van der Waals surface area contributed by atoms with Gasteiger partial charge in [0, 0.05) is 18.7 Å². The van der Waals surface area contributed by atoms with Crippen LogP contribution in [0.15, 0.2) is 36.4 Å². The number of amides is 2. The zero-order chi connectivity index (χ0) is 22.4. The molecule has 0 bridgehead atoms. The lowest BCUT2D eigenvalue weighted by molar-refractivity contribution is 0.0928. The van der Waals surface area contributed by atoms with Crippen molar-refractivity contribution in [3.8, 4) is 17.2 Å². The minimum Gasteiger partial charge on any atom is -0.493 e. The van der Waals surface area contributed by atoms with Gasteiger partial charge in [-0.1, -0.05) is 31.4 Å². The minimum absolute atomic E-state index is 0.160. The van der Waals surface area contributed by atoms with Gasteiger partial charge in [-0.05, 0) is 37.1 Å². The highest BCUT2D eigenvalue weighted by molar-refractivity contribution is 6.10. The smallest absolute Gasteiger partial charge is 0.258 e. The molecule has 1 aliphatic rings. The highest BCUT2D eigenvalue weighted by Gasteiger charge is 2.24. The van der Waals surface area contributed by atoms with Crippen LogP contribution in [0.3, 0.4) is 0 Å². The van der Waals surface area contributed by atoms with E-state index in [1.54, 1.807) is 37.4 Å². The molecule has 0 unspecified atom stereocenters. The van der Waals surface area contributed by atoms with Gasteiger partial charge in [0.1, 0.15) is 0 Å². The monoisotopic (exact) mass is 426 g/mol. The molecule has 7 nitrogen and oxygen atoms in total. The SMILES string of the molecule is COc1cc(C(=O)N(C)c2ccccc2C(=O)NC2CCCCC2)cc(OC)c1OC. The number of rotatable bonds is 7.